The molecule has 0 bridgehead atoms. The summed E-state index contributed by atoms with van der Waals surface area (Å²) in [6.45, 7) is 3.84. The lowest BCUT2D eigenvalue weighted by Crippen LogP contribution is -1.76. The van der Waals surface area contributed by atoms with E-state index in [1.165, 1.54) is 16.2 Å². The van der Waals surface area contributed by atoms with E-state index in [-0.39, 0.29) is 0 Å². The lowest BCUT2D eigenvalue weighted by molar-refractivity contribution is 0.978. The second-order valence-electron chi connectivity index (χ2n) is 3.06. The molecular formula is C13H15BrS. The summed E-state index contributed by atoms with van der Waals surface area (Å²) >= 11 is 5.19. The van der Waals surface area contributed by atoms with Crippen LogP contribution in [0.3, 0.4) is 0 Å². The third-order valence-corrected chi connectivity index (χ3v) is 3.50. The Bertz CT molecular complexity index is 317. The molecule has 1 rings (SSSR count). The second kappa shape index (κ2) is 7.77. The molecule has 15 heavy (non-hydrogen) atoms. The minimum atomic E-state index is 1.06. The molecule has 0 fully saturated rings. The highest BCUT2D eigenvalue weighted by Crippen LogP contribution is 2.27. The fraction of sp³-hybridized carbons (Fsp3) is 0.231. The zero-order valence-corrected chi connectivity index (χ0v) is 11.1. The molecule has 0 heterocycles. The molecule has 1 aromatic rings. The Morgan fingerprint density at radius 3 is 2.67 bits per heavy atom. The van der Waals surface area contributed by atoms with Crippen molar-refractivity contribution in [3.63, 3.8) is 0 Å². The maximum atomic E-state index is 3.84. The Kier molecular flexibility index (Phi) is 6.53. The lowest BCUT2D eigenvalue weighted by Gasteiger charge is -2.01. The summed E-state index contributed by atoms with van der Waals surface area (Å²) in [5.74, 6) is 0. The molecule has 0 radical (unpaired) electrons. The van der Waals surface area contributed by atoms with E-state index in [9.17, 15) is 0 Å². The Morgan fingerprint density at radius 2 is 2.07 bits per heavy atom. The van der Waals surface area contributed by atoms with Gasteiger partial charge in [-0.1, -0.05) is 64.6 Å². The zero-order chi connectivity index (χ0) is 10.9. The first-order chi connectivity index (χ1) is 7.36. The van der Waals surface area contributed by atoms with E-state index < -0.39 is 0 Å². The number of halogens is 1. The molecule has 1 aromatic carbocycles. The Morgan fingerprint density at radius 1 is 1.33 bits per heavy atom. The van der Waals surface area contributed by atoms with Crippen molar-refractivity contribution >= 4 is 27.7 Å². The van der Waals surface area contributed by atoms with Crippen molar-refractivity contribution in [3.05, 3.63) is 54.0 Å². The number of hydrogen-bond acceptors (Lipinski definition) is 1. The largest absolute Gasteiger partial charge is 0.0980 e. The predicted octanol–water partition coefficient (Wildman–Crippen LogP) is 5.02. The van der Waals surface area contributed by atoms with Gasteiger partial charge in [0.15, 0.2) is 0 Å². The first kappa shape index (κ1) is 12.6. The predicted molar refractivity (Wildman–Crippen MR) is 73.6 cm³/mol. The van der Waals surface area contributed by atoms with E-state index in [1.54, 1.807) is 11.8 Å². The third kappa shape index (κ3) is 5.24. The molecule has 0 aromatic heterocycles. The van der Waals surface area contributed by atoms with Crippen LogP contribution < -0.4 is 0 Å². The summed E-state index contributed by atoms with van der Waals surface area (Å²) < 4.78 is 0. The standard InChI is InChI=1S/C13H15BrS/c1-2-12(8-6-7-11-14)15-13-9-4-3-5-10-13/h2-5,8-10H,1,6-7,11H2/b12-8-. The van der Waals surface area contributed by atoms with Gasteiger partial charge in [0.25, 0.3) is 0 Å². The van der Waals surface area contributed by atoms with Gasteiger partial charge >= 0.3 is 0 Å². The fourth-order valence-corrected chi connectivity index (χ4v) is 2.29. The van der Waals surface area contributed by atoms with E-state index in [0.717, 1.165) is 11.8 Å². The average molecular weight is 283 g/mol. The Balaban J connectivity index is 2.54. The van der Waals surface area contributed by atoms with Crippen LogP contribution in [-0.4, -0.2) is 5.33 Å². The fourth-order valence-electron chi connectivity index (χ4n) is 1.11. The van der Waals surface area contributed by atoms with Gasteiger partial charge in [-0.2, -0.15) is 0 Å². The normalized spacial score (nSPS) is 11.4. The van der Waals surface area contributed by atoms with E-state index in [0.29, 0.717) is 0 Å². The Labute approximate surface area is 105 Å². The van der Waals surface area contributed by atoms with Crippen molar-refractivity contribution in [1.29, 1.82) is 0 Å². The van der Waals surface area contributed by atoms with Crippen LogP contribution in [0.4, 0.5) is 0 Å². The summed E-state index contributed by atoms with van der Waals surface area (Å²) in [4.78, 5) is 2.50. The number of alkyl halides is 1. The highest BCUT2D eigenvalue weighted by atomic mass is 79.9. The first-order valence-electron chi connectivity index (χ1n) is 4.98. The molecule has 0 unspecified atom stereocenters. The molecule has 2 heteroatoms. The van der Waals surface area contributed by atoms with Gasteiger partial charge in [0.1, 0.15) is 0 Å². The Hall–Kier alpha value is -0.470. The number of thioether (sulfide) groups is 1. The molecule has 0 aliphatic heterocycles. The SMILES string of the molecule is C=C/C(=C/CCCBr)Sc1ccccc1. The molecule has 0 aliphatic rings. The van der Waals surface area contributed by atoms with Crippen molar-refractivity contribution < 1.29 is 0 Å². The van der Waals surface area contributed by atoms with Gasteiger partial charge < -0.3 is 0 Å². The topological polar surface area (TPSA) is 0 Å². The maximum Gasteiger partial charge on any atom is 0.0122 e. The smallest absolute Gasteiger partial charge is 0.0122 e. The molecule has 0 spiro atoms. The molecule has 0 nitrogen and oxygen atoms in total. The van der Waals surface area contributed by atoms with Gasteiger partial charge in [0.2, 0.25) is 0 Å². The average Bonchev–Trinajstić information content (AvgIpc) is 2.29. The summed E-state index contributed by atoms with van der Waals surface area (Å²) in [6, 6.07) is 10.4. The molecule has 0 atom stereocenters. The minimum absolute atomic E-state index is 1.06. The lowest BCUT2D eigenvalue weighted by atomic mass is 10.3. The molecule has 0 amide bonds. The van der Waals surface area contributed by atoms with E-state index in [1.807, 2.05) is 12.1 Å². The van der Waals surface area contributed by atoms with Crippen molar-refractivity contribution in [2.45, 2.75) is 17.7 Å². The van der Waals surface area contributed by atoms with Crippen LogP contribution in [0.1, 0.15) is 12.8 Å². The number of allylic oxidation sites excluding steroid dienone is 2. The maximum absolute atomic E-state index is 3.84. The van der Waals surface area contributed by atoms with Crippen molar-refractivity contribution in [2.75, 3.05) is 5.33 Å². The second-order valence-corrected chi connectivity index (χ2v) is 5.00. The zero-order valence-electron chi connectivity index (χ0n) is 8.66. The van der Waals surface area contributed by atoms with Crippen LogP contribution in [-0.2, 0) is 0 Å². The van der Waals surface area contributed by atoms with Gasteiger partial charge in [-0.3, -0.25) is 0 Å². The number of hydrogen-bond donors (Lipinski definition) is 0. The van der Waals surface area contributed by atoms with Crippen LogP contribution in [0.25, 0.3) is 0 Å². The summed E-state index contributed by atoms with van der Waals surface area (Å²) in [7, 11) is 0. The van der Waals surface area contributed by atoms with Crippen LogP contribution in [0.5, 0.6) is 0 Å². The van der Waals surface area contributed by atoms with E-state index in [4.69, 9.17) is 0 Å². The van der Waals surface area contributed by atoms with Crippen LogP contribution >= 0.6 is 27.7 Å². The highest BCUT2D eigenvalue weighted by Gasteiger charge is 1.95. The summed E-state index contributed by atoms with van der Waals surface area (Å²) in [5, 5.41) is 1.06. The number of rotatable bonds is 6. The molecule has 0 N–H and O–H groups in total. The molecular weight excluding hydrogens is 268 g/mol. The van der Waals surface area contributed by atoms with Crippen LogP contribution in [0.15, 0.2) is 58.9 Å². The highest BCUT2D eigenvalue weighted by molar-refractivity contribution is 9.09. The van der Waals surface area contributed by atoms with E-state index >= 15 is 0 Å². The molecule has 80 valence electrons. The quantitative estimate of drug-likeness (QED) is 0.305. The number of benzene rings is 1. The van der Waals surface area contributed by atoms with Gasteiger partial charge in [-0.05, 0) is 25.0 Å². The van der Waals surface area contributed by atoms with Crippen LogP contribution in [0.2, 0.25) is 0 Å². The van der Waals surface area contributed by atoms with Crippen molar-refractivity contribution in [3.8, 4) is 0 Å². The van der Waals surface area contributed by atoms with Gasteiger partial charge in [0, 0.05) is 15.1 Å². The van der Waals surface area contributed by atoms with Gasteiger partial charge in [0.05, 0.1) is 0 Å². The van der Waals surface area contributed by atoms with Gasteiger partial charge in [-0.15, -0.1) is 0 Å². The van der Waals surface area contributed by atoms with Gasteiger partial charge in [-0.25, -0.2) is 0 Å². The summed E-state index contributed by atoms with van der Waals surface area (Å²) in [6.07, 6.45) is 6.44. The third-order valence-electron chi connectivity index (χ3n) is 1.86. The summed E-state index contributed by atoms with van der Waals surface area (Å²) in [5.41, 5.74) is 0. The first-order valence-corrected chi connectivity index (χ1v) is 6.92. The molecule has 0 saturated carbocycles. The number of unbranched alkanes of at least 4 members (excludes halogenated alkanes) is 1. The van der Waals surface area contributed by atoms with E-state index in [2.05, 4.69) is 52.9 Å². The van der Waals surface area contributed by atoms with Crippen LogP contribution in [0, 0.1) is 0 Å². The minimum Gasteiger partial charge on any atom is -0.0980 e. The molecule has 0 aliphatic carbocycles. The molecule has 0 saturated heterocycles. The van der Waals surface area contributed by atoms with Crippen molar-refractivity contribution in [2.24, 2.45) is 0 Å². The monoisotopic (exact) mass is 282 g/mol. The van der Waals surface area contributed by atoms with Crippen molar-refractivity contribution in [1.82, 2.24) is 0 Å².